The Morgan fingerprint density at radius 1 is 0.463 bits per heavy atom. The zero-order chi connectivity index (χ0) is 49.0. The number of hydrogen-bond donors (Lipinski definition) is 0. The average Bonchev–Trinajstić information content (AvgIpc) is 3.29. The van der Waals surface area contributed by atoms with Crippen molar-refractivity contribution in [1.29, 1.82) is 0 Å². The molecule has 0 fully saturated rings. The lowest BCUT2D eigenvalue weighted by Crippen LogP contribution is -2.37. The number of quaternary nitrogens is 1. The molecule has 0 heterocycles. The lowest BCUT2D eigenvalue weighted by atomic mass is 10.0. The van der Waals surface area contributed by atoms with E-state index in [1.807, 2.05) is 21.1 Å². The van der Waals surface area contributed by atoms with Crippen LogP contribution in [-0.2, 0) is 27.9 Å². The summed E-state index contributed by atoms with van der Waals surface area (Å²) in [7, 11) is 1.32. The monoisotopic (exact) mass is 954 g/mol. The van der Waals surface area contributed by atoms with Crippen molar-refractivity contribution < 1.29 is 37.3 Å². The molecule has 8 nitrogen and oxygen atoms in total. The Bertz CT molecular complexity index is 1430. The largest absolute Gasteiger partial charge is 0.756 e. The summed E-state index contributed by atoms with van der Waals surface area (Å²) < 4.78 is 34.7. The second-order valence-corrected chi connectivity index (χ2v) is 19.9. The zero-order valence-electron chi connectivity index (χ0n) is 43.6. The Kier molecular flexibility index (Phi) is 47.5. The number of unbranched alkanes of at least 4 members (excludes halogenated alkanes) is 16. The fourth-order valence-corrected chi connectivity index (χ4v) is 7.53. The lowest BCUT2D eigenvalue weighted by Gasteiger charge is -2.28. The van der Waals surface area contributed by atoms with Gasteiger partial charge < -0.3 is 27.9 Å². The molecule has 0 saturated heterocycles. The van der Waals surface area contributed by atoms with Gasteiger partial charge in [-0.3, -0.25) is 9.36 Å². The van der Waals surface area contributed by atoms with Crippen molar-refractivity contribution in [3.05, 3.63) is 109 Å². The molecular formula is C58H100NO7P. The molecule has 2 unspecified atom stereocenters. The summed E-state index contributed by atoms with van der Waals surface area (Å²) >= 11 is 0. The van der Waals surface area contributed by atoms with Gasteiger partial charge in [0, 0.05) is 13.0 Å². The molecule has 0 radical (unpaired) electrons. The van der Waals surface area contributed by atoms with Gasteiger partial charge in [-0.25, -0.2) is 0 Å². The van der Waals surface area contributed by atoms with Crippen LogP contribution in [0.25, 0.3) is 0 Å². The normalized spacial score (nSPS) is 14.4. The van der Waals surface area contributed by atoms with Gasteiger partial charge in [-0.2, -0.15) is 0 Å². The summed E-state index contributed by atoms with van der Waals surface area (Å²) in [4.78, 5) is 25.2. The number of hydrogen-bond acceptors (Lipinski definition) is 7. The number of ether oxygens (including phenoxy) is 2. The molecule has 0 amide bonds. The third-order valence-electron chi connectivity index (χ3n) is 10.8. The van der Waals surface area contributed by atoms with E-state index < -0.39 is 13.9 Å². The smallest absolute Gasteiger partial charge is 0.306 e. The number of rotatable bonds is 48. The van der Waals surface area contributed by atoms with Gasteiger partial charge in [-0.05, 0) is 96.3 Å². The van der Waals surface area contributed by atoms with Crippen LogP contribution >= 0.6 is 7.82 Å². The first-order valence-electron chi connectivity index (χ1n) is 26.6. The summed E-state index contributed by atoms with van der Waals surface area (Å²) in [5.41, 5.74) is 0. The maximum Gasteiger partial charge on any atom is 0.306 e. The number of phosphoric acid groups is 1. The van der Waals surface area contributed by atoms with E-state index in [0.717, 1.165) is 109 Å². The quantitative estimate of drug-likeness (QED) is 0.0197. The second kappa shape index (κ2) is 49.6. The van der Waals surface area contributed by atoms with Crippen LogP contribution in [0.5, 0.6) is 0 Å². The number of carbonyl (C=O) groups excluding carboxylic acids is 1. The fraction of sp³-hybridized carbons (Fsp3) is 0.672. The van der Waals surface area contributed by atoms with Crippen LogP contribution in [0.2, 0.25) is 0 Å². The number of nitrogens with zero attached hydrogens (tertiary/aromatic N) is 1. The number of phosphoric ester groups is 1. The highest BCUT2D eigenvalue weighted by Crippen LogP contribution is 2.38. The summed E-state index contributed by atoms with van der Waals surface area (Å²) in [6.07, 6.45) is 69.8. The van der Waals surface area contributed by atoms with E-state index in [1.54, 1.807) is 0 Å². The van der Waals surface area contributed by atoms with Crippen molar-refractivity contribution in [3.63, 3.8) is 0 Å². The molecule has 384 valence electrons. The highest BCUT2D eigenvalue weighted by atomic mass is 31.2. The molecule has 0 aromatic heterocycles. The van der Waals surface area contributed by atoms with E-state index in [-0.39, 0.29) is 25.8 Å². The van der Waals surface area contributed by atoms with Crippen molar-refractivity contribution in [2.75, 3.05) is 54.1 Å². The Labute approximate surface area is 412 Å². The predicted molar refractivity (Wildman–Crippen MR) is 286 cm³/mol. The van der Waals surface area contributed by atoms with Gasteiger partial charge in [-0.15, -0.1) is 0 Å². The first kappa shape index (κ1) is 64.2. The molecule has 0 saturated carbocycles. The molecule has 0 aromatic rings. The molecule has 0 spiro atoms. The van der Waals surface area contributed by atoms with Gasteiger partial charge >= 0.3 is 5.97 Å². The Morgan fingerprint density at radius 3 is 1.22 bits per heavy atom. The lowest BCUT2D eigenvalue weighted by molar-refractivity contribution is -0.870. The van der Waals surface area contributed by atoms with Gasteiger partial charge in [0.2, 0.25) is 0 Å². The number of esters is 1. The molecule has 0 N–H and O–H groups in total. The van der Waals surface area contributed by atoms with Gasteiger partial charge in [0.15, 0.2) is 0 Å². The van der Waals surface area contributed by atoms with Gasteiger partial charge in [0.1, 0.15) is 19.3 Å². The van der Waals surface area contributed by atoms with E-state index in [1.165, 1.54) is 64.2 Å². The minimum atomic E-state index is -4.55. The predicted octanol–water partition coefficient (Wildman–Crippen LogP) is 16.1. The number of allylic oxidation sites excluding steroid dienone is 18. The van der Waals surface area contributed by atoms with Crippen LogP contribution in [-0.4, -0.2) is 70.7 Å². The first-order chi connectivity index (χ1) is 32.6. The SMILES string of the molecule is CC/C=C\C/C=C\C/C=C\C/C=C\C/C=C\CCCCCCOCC(COP(=O)([O-])OCC[N+](C)(C)C)OC(=O)CCCCCCCCCCCCCC/C=C\C/C=C\C/C=C\C/C=C\CC. The minimum Gasteiger partial charge on any atom is -0.756 e. The third kappa shape index (κ3) is 54.0. The Hall–Kier alpha value is -2.84. The van der Waals surface area contributed by atoms with Crippen molar-refractivity contribution in [2.24, 2.45) is 0 Å². The number of carbonyl (C=O) groups is 1. The topological polar surface area (TPSA) is 94.1 Å². The molecule has 2 atom stereocenters. The second-order valence-electron chi connectivity index (χ2n) is 18.5. The Balaban J connectivity index is 4.18. The van der Waals surface area contributed by atoms with E-state index in [4.69, 9.17) is 18.5 Å². The van der Waals surface area contributed by atoms with Crippen LogP contribution in [0, 0.1) is 0 Å². The average molecular weight is 954 g/mol. The van der Waals surface area contributed by atoms with E-state index in [9.17, 15) is 14.3 Å². The Morgan fingerprint density at radius 2 is 0.821 bits per heavy atom. The van der Waals surface area contributed by atoms with Gasteiger partial charge in [-0.1, -0.05) is 200 Å². The van der Waals surface area contributed by atoms with E-state index in [0.29, 0.717) is 24.1 Å². The summed E-state index contributed by atoms with van der Waals surface area (Å²) in [6.45, 7) is 5.11. The van der Waals surface area contributed by atoms with Crippen LogP contribution in [0.15, 0.2) is 109 Å². The first-order valence-corrected chi connectivity index (χ1v) is 28.1. The maximum absolute atomic E-state index is 12.8. The molecule has 67 heavy (non-hydrogen) atoms. The van der Waals surface area contributed by atoms with Crippen molar-refractivity contribution in [3.8, 4) is 0 Å². The van der Waals surface area contributed by atoms with Gasteiger partial charge in [0.25, 0.3) is 7.82 Å². The van der Waals surface area contributed by atoms with Crippen LogP contribution in [0.3, 0.4) is 0 Å². The molecule has 0 aliphatic rings. The summed E-state index contributed by atoms with van der Waals surface area (Å²) in [5, 5.41) is 0. The molecular weight excluding hydrogens is 854 g/mol. The standard InChI is InChI=1S/C58H100NO7P/c1-6-8-10-12-14-16-18-20-22-24-26-28-29-30-31-32-33-35-37-39-41-43-45-47-49-51-58(60)66-57(56-65-67(61,62)64-54-52-59(3,4)5)55-63-53-50-48-46-44-42-40-38-36-34-27-25-23-21-19-17-15-13-11-9-7-2/h8-11,14-17,20-23,26-28,34,38,40,57H,6-7,12-13,18-19,24-25,29-33,35-37,39,41-56H2,1-5H3/b10-8-,11-9-,16-14-,17-15-,22-20-,23-21-,28-26-,34-27-,40-38-. The van der Waals surface area contributed by atoms with Crippen LogP contribution in [0.1, 0.15) is 194 Å². The van der Waals surface area contributed by atoms with Crippen molar-refractivity contribution in [1.82, 2.24) is 0 Å². The highest BCUT2D eigenvalue weighted by Gasteiger charge is 2.20. The van der Waals surface area contributed by atoms with Crippen molar-refractivity contribution in [2.45, 2.75) is 200 Å². The van der Waals surface area contributed by atoms with Crippen LogP contribution < -0.4 is 4.89 Å². The number of likely N-dealkylation sites (N-methyl/N-ethyl adjacent to an activating group) is 1. The molecule has 0 aliphatic heterocycles. The third-order valence-corrected chi connectivity index (χ3v) is 11.8. The molecule has 0 rings (SSSR count). The van der Waals surface area contributed by atoms with Crippen molar-refractivity contribution >= 4 is 13.8 Å². The summed E-state index contributed by atoms with van der Waals surface area (Å²) in [5.74, 6) is -0.350. The zero-order valence-corrected chi connectivity index (χ0v) is 44.5. The van der Waals surface area contributed by atoms with Gasteiger partial charge in [0.05, 0.1) is 34.4 Å². The molecule has 0 bridgehead atoms. The van der Waals surface area contributed by atoms with E-state index in [2.05, 4.69) is 123 Å². The molecule has 0 aliphatic carbocycles. The van der Waals surface area contributed by atoms with Crippen LogP contribution in [0.4, 0.5) is 0 Å². The summed E-state index contributed by atoms with van der Waals surface area (Å²) in [6, 6.07) is 0. The fourth-order valence-electron chi connectivity index (χ4n) is 6.80. The highest BCUT2D eigenvalue weighted by molar-refractivity contribution is 7.45. The van der Waals surface area contributed by atoms with E-state index >= 15 is 0 Å². The molecule has 0 aromatic carbocycles. The minimum absolute atomic E-state index is 0.0144. The molecule has 9 heteroatoms. The maximum atomic E-state index is 12.8.